The van der Waals surface area contributed by atoms with Gasteiger partial charge in [-0.2, -0.15) is 0 Å². The van der Waals surface area contributed by atoms with Gasteiger partial charge in [-0.25, -0.2) is 4.79 Å². The van der Waals surface area contributed by atoms with Crippen LogP contribution in [0.5, 0.6) is 0 Å². The molecule has 0 saturated heterocycles. The highest BCUT2D eigenvalue weighted by atomic mass is 16.6. The lowest BCUT2D eigenvalue weighted by atomic mass is 10.0. The van der Waals surface area contributed by atoms with Gasteiger partial charge in [0.05, 0.1) is 34.4 Å². The summed E-state index contributed by atoms with van der Waals surface area (Å²) >= 11 is 0. The minimum atomic E-state index is -0.875. The maximum absolute atomic E-state index is 12.8. The largest absolute Gasteiger partial charge is 0.477 e. The number of hydrogen-bond acceptors (Lipinski definition) is 6. The molecule has 0 radical (unpaired) electrons. The first kappa shape index (κ1) is 66.0. The topological polar surface area (TPSA) is 99.1 Å². The molecule has 1 N–H and O–H groups in total. The van der Waals surface area contributed by atoms with Crippen LogP contribution in [0.25, 0.3) is 0 Å². The molecule has 0 aromatic carbocycles. The molecule has 0 aliphatic heterocycles. The number of carboxylic acid groups (broad SMARTS) is 1. The van der Waals surface area contributed by atoms with Gasteiger partial charge < -0.3 is 23.8 Å². The zero-order chi connectivity index (χ0) is 50.6. The summed E-state index contributed by atoms with van der Waals surface area (Å²) in [6.07, 6.45) is 65.7. The number of carboxylic acids is 1. The minimum Gasteiger partial charge on any atom is -0.477 e. The molecular formula is C61H110NO7+. The molecule has 0 bridgehead atoms. The molecule has 0 aliphatic carbocycles. The monoisotopic (exact) mass is 969 g/mol. The van der Waals surface area contributed by atoms with E-state index in [0.717, 1.165) is 83.5 Å². The number of carbonyl (C=O) groups is 3. The third-order valence-corrected chi connectivity index (χ3v) is 12.9. The van der Waals surface area contributed by atoms with Crippen molar-refractivity contribution in [3.63, 3.8) is 0 Å². The Balaban J connectivity index is 4.18. The summed E-state index contributed by atoms with van der Waals surface area (Å²) in [5.74, 6) is -1.47. The van der Waals surface area contributed by atoms with E-state index in [1.165, 1.54) is 141 Å². The number of hydrogen-bond donors (Lipinski definition) is 1. The van der Waals surface area contributed by atoms with Crippen LogP contribution < -0.4 is 0 Å². The fourth-order valence-corrected chi connectivity index (χ4v) is 8.53. The first-order chi connectivity index (χ1) is 33.6. The number of unbranched alkanes of at least 4 members (excludes halogenated alkanes) is 28. The number of likely N-dealkylation sites (N-methyl/N-ethyl adjacent to an activating group) is 1. The normalized spacial score (nSPS) is 13.2. The zero-order valence-corrected chi connectivity index (χ0v) is 45.8. The molecule has 0 heterocycles. The third-order valence-electron chi connectivity index (χ3n) is 12.9. The lowest BCUT2D eigenvalue weighted by Crippen LogP contribution is -2.50. The van der Waals surface area contributed by atoms with Crippen LogP contribution in [0.4, 0.5) is 0 Å². The second kappa shape index (κ2) is 51.4. The molecule has 0 rings (SSSR count). The Bertz CT molecular complexity index is 1310. The predicted molar refractivity (Wildman–Crippen MR) is 294 cm³/mol. The SMILES string of the molecule is CC/C=C/C/C=C/C/C=C/C/C=C/C/C=C/CCCCCCCCC(=O)OCC(COCCC(C(=O)O)[N+](C)(C)C)OC(=O)CCCCCCCCCCCCCCCCCCCCCCCCC. The van der Waals surface area contributed by atoms with Crippen molar-refractivity contribution in [2.75, 3.05) is 41.0 Å². The van der Waals surface area contributed by atoms with Gasteiger partial charge in [-0.15, -0.1) is 0 Å². The van der Waals surface area contributed by atoms with E-state index < -0.39 is 18.1 Å². The number of esters is 2. The van der Waals surface area contributed by atoms with Gasteiger partial charge in [-0.1, -0.05) is 242 Å². The van der Waals surface area contributed by atoms with Gasteiger partial charge in [-0.3, -0.25) is 9.59 Å². The van der Waals surface area contributed by atoms with Crippen LogP contribution in [-0.4, -0.2) is 80.6 Å². The van der Waals surface area contributed by atoms with Crippen molar-refractivity contribution in [3.05, 3.63) is 60.8 Å². The second-order valence-electron chi connectivity index (χ2n) is 20.5. The summed E-state index contributed by atoms with van der Waals surface area (Å²) in [7, 11) is 5.54. The van der Waals surface area contributed by atoms with Gasteiger partial charge in [-0.05, 0) is 57.8 Å². The van der Waals surface area contributed by atoms with Gasteiger partial charge in [0.15, 0.2) is 12.1 Å². The highest BCUT2D eigenvalue weighted by Gasteiger charge is 2.31. The molecule has 0 amide bonds. The number of nitrogens with zero attached hydrogens (tertiary/aromatic N) is 1. The molecule has 8 heteroatoms. The predicted octanol–water partition coefficient (Wildman–Crippen LogP) is 17.3. The lowest BCUT2D eigenvalue weighted by Gasteiger charge is -2.31. The average Bonchev–Trinajstić information content (AvgIpc) is 3.31. The summed E-state index contributed by atoms with van der Waals surface area (Å²) in [6, 6.07) is -0.619. The number of rotatable bonds is 52. The van der Waals surface area contributed by atoms with Gasteiger partial charge in [0.2, 0.25) is 0 Å². The maximum Gasteiger partial charge on any atom is 0.362 e. The Morgan fingerprint density at radius 2 is 0.812 bits per heavy atom. The van der Waals surface area contributed by atoms with Crippen LogP contribution in [0.1, 0.15) is 258 Å². The van der Waals surface area contributed by atoms with Gasteiger partial charge in [0.1, 0.15) is 6.61 Å². The molecule has 0 aromatic heterocycles. The molecule has 0 saturated carbocycles. The first-order valence-corrected chi connectivity index (χ1v) is 28.8. The van der Waals surface area contributed by atoms with Crippen molar-refractivity contribution in [2.24, 2.45) is 0 Å². The molecule has 0 aliphatic rings. The summed E-state index contributed by atoms with van der Waals surface area (Å²) in [4.78, 5) is 37.3. The Labute approximate surface area is 426 Å². The summed E-state index contributed by atoms with van der Waals surface area (Å²) in [5.41, 5.74) is 0. The Hall–Kier alpha value is -2.97. The Morgan fingerprint density at radius 3 is 1.20 bits per heavy atom. The quantitative estimate of drug-likeness (QED) is 0.0280. The molecule has 0 fully saturated rings. The molecule has 69 heavy (non-hydrogen) atoms. The van der Waals surface area contributed by atoms with E-state index in [4.69, 9.17) is 14.2 Å². The fourth-order valence-electron chi connectivity index (χ4n) is 8.53. The number of allylic oxidation sites excluding steroid dienone is 10. The molecule has 400 valence electrons. The maximum atomic E-state index is 12.8. The fraction of sp³-hybridized carbons (Fsp3) is 0.787. The Morgan fingerprint density at radius 1 is 0.449 bits per heavy atom. The third kappa shape index (κ3) is 49.8. The highest BCUT2D eigenvalue weighted by molar-refractivity contribution is 5.72. The molecular weight excluding hydrogens is 859 g/mol. The molecule has 8 nitrogen and oxygen atoms in total. The van der Waals surface area contributed by atoms with Crippen LogP contribution in [0, 0.1) is 0 Å². The first-order valence-electron chi connectivity index (χ1n) is 28.8. The molecule has 0 aromatic rings. The van der Waals surface area contributed by atoms with Crippen molar-refractivity contribution < 1.29 is 38.2 Å². The van der Waals surface area contributed by atoms with E-state index in [9.17, 15) is 19.5 Å². The summed E-state index contributed by atoms with van der Waals surface area (Å²) in [6.45, 7) is 4.65. The minimum absolute atomic E-state index is 0.0571. The highest BCUT2D eigenvalue weighted by Crippen LogP contribution is 2.17. The standard InChI is InChI=1S/C61H109NO7/c1-6-8-10-12-14-16-18-20-22-24-26-28-30-32-34-36-38-40-42-44-46-48-50-52-60(64)69-57(55-67-54-53-58(61(65)66)62(3,4)5)56-68-59(63)51-49-47-45-43-41-39-37-35-33-31-29-27-25-23-21-19-17-15-13-11-9-7-2/h9,11,15,17,21,23,27,29,33,35,57-58H,6-8,10,12-14,16,18-20,22,24-26,28,30-32,34,36-56H2,1-5H3/p+1/b11-9+,17-15+,23-21+,29-27+,35-33+. The summed E-state index contributed by atoms with van der Waals surface area (Å²) in [5, 5.41) is 9.68. The van der Waals surface area contributed by atoms with Gasteiger partial charge in [0, 0.05) is 19.3 Å². The van der Waals surface area contributed by atoms with Crippen LogP contribution in [0.15, 0.2) is 60.8 Å². The zero-order valence-electron chi connectivity index (χ0n) is 45.8. The van der Waals surface area contributed by atoms with Crippen LogP contribution in [-0.2, 0) is 28.6 Å². The number of aliphatic carboxylic acids is 1. The van der Waals surface area contributed by atoms with Gasteiger partial charge in [0.25, 0.3) is 0 Å². The van der Waals surface area contributed by atoms with Crippen LogP contribution in [0.3, 0.4) is 0 Å². The van der Waals surface area contributed by atoms with E-state index in [1.54, 1.807) is 0 Å². The van der Waals surface area contributed by atoms with E-state index in [1.807, 2.05) is 21.1 Å². The van der Waals surface area contributed by atoms with Crippen molar-refractivity contribution in [2.45, 2.75) is 270 Å². The number of quaternary nitrogens is 1. The Kier molecular flexibility index (Phi) is 49.2. The molecule has 2 unspecified atom stereocenters. The number of carbonyl (C=O) groups excluding carboxylic acids is 2. The smallest absolute Gasteiger partial charge is 0.362 e. The summed E-state index contributed by atoms with van der Waals surface area (Å²) < 4.78 is 17.4. The second-order valence-corrected chi connectivity index (χ2v) is 20.5. The van der Waals surface area contributed by atoms with Crippen molar-refractivity contribution in [1.29, 1.82) is 0 Å². The molecule has 0 spiro atoms. The average molecular weight is 970 g/mol. The van der Waals surface area contributed by atoms with E-state index in [0.29, 0.717) is 19.3 Å². The van der Waals surface area contributed by atoms with Crippen molar-refractivity contribution in [3.8, 4) is 0 Å². The lowest BCUT2D eigenvalue weighted by molar-refractivity contribution is -0.887. The molecule has 2 atom stereocenters. The van der Waals surface area contributed by atoms with Gasteiger partial charge >= 0.3 is 17.9 Å². The number of ether oxygens (including phenoxy) is 3. The van der Waals surface area contributed by atoms with E-state index >= 15 is 0 Å². The van der Waals surface area contributed by atoms with Crippen molar-refractivity contribution >= 4 is 17.9 Å². The van der Waals surface area contributed by atoms with E-state index in [2.05, 4.69) is 74.6 Å². The van der Waals surface area contributed by atoms with E-state index in [-0.39, 0.29) is 36.2 Å². The van der Waals surface area contributed by atoms with Crippen molar-refractivity contribution in [1.82, 2.24) is 0 Å². The van der Waals surface area contributed by atoms with Crippen LogP contribution in [0.2, 0.25) is 0 Å². The van der Waals surface area contributed by atoms with Crippen LogP contribution >= 0.6 is 0 Å².